The van der Waals surface area contributed by atoms with E-state index in [1.807, 2.05) is 0 Å². The molecule has 0 unspecified atom stereocenters. The van der Waals surface area contributed by atoms with Gasteiger partial charge in [-0.25, -0.2) is 13.2 Å². The standard InChI is InChI=1S/C20H24F3N3O2/c21-11-14(22)3-1-2-4-18(28)26-17-10-9-16(19(23)20(17)24)25-12-13-5-7-15(27)8-6-13/h5-10,14,25,27H,1-4,11-12,24H2,(H,26,28)/t14-/m1/s1. The number of phenolic OH excluding ortho intramolecular Hbond substituents is 1. The highest BCUT2D eigenvalue weighted by molar-refractivity contribution is 5.94. The quantitative estimate of drug-likeness (QED) is 0.352. The van der Waals surface area contributed by atoms with Crippen LogP contribution in [0.3, 0.4) is 0 Å². The highest BCUT2D eigenvalue weighted by atomic mass is 19.2. The minimum absolute atomic E-state index is 0.0714. The average molecular weight is 395 g/mol. The van der Waals surface area contributed by atoms with Crippen LogP contribution in [0.5, 0.6) is 5.75 Å². The molecule has 0 heterocycles. The van der Waals surface area contributed by atoms with Crippen LogP contribution in [0.1, 0.15) is 31.2 Å². The Labute approximate surface area is 161 Å². The number of nitrogens with two attached hydrogens (primary N) is 1. The summed E-state index contributed by atoms with van der Waals surface area (Å²) in [7, 11) is 0. The third kappa shape index (κ3) is 6.37. The van der Waals surface area contributed by atoms with E-state index in [9.17, 15) is 23.1 Å². The summed E-state index contributed by atoms with van der Waals surface area (Å²) in [6.45, 7) is -0.689. The van der Waals surface area contributed by atoms with Gasteiger partial charge < -0.3 is 21.5 Å². The first-order valence-corrected chi connectivity index (χ1v) is 9.00. The number of benzene rings is 2. The molecule has 0 aromatic heterocycles. The first kappa shape index (κ1) is 21.4. The number of carbonyl (C=O) groups is 1. The Balaban J connectivity index is 1.88. The largest absolute Gasteiger partial charge is 0.508 e. The number of hydrogen-bond donors (Lipinski definition) is 4. The number of aromatic hydroxyl groups is 1. The van der Waals surface area contributed by atoms with Crippen molar-refractivity contribution in [1.82, 2.24) is 0 Å². The monoisotopic (exact) mass is 395 g/mol. The molecule has 152 valence electrons. The second kappa shape index (κ2) is 10.4. The number of phenols is 1. The summed E-state index contributed by atoms with van der Waals surface area (Å²) in [4.78, 5) is 11.9. The van der Waals surface area contributed by atoms with Gasteiger partial charge in [0, 0.05) is 13.0 Å². The summed E-state index contributed by atoms with van der Waals surface area (Å²) in [5, 5.41) is 14.7. The SMILES string of the molecule is Nc1c(NC(=O)CCCC[C@@H](F)CF)ccc(NCc2ccc(O)cc2)c1F. The number of unbranched alkanes of at least 4 members (excludes halogenated alkanes) is 1. The molecule has 1 atom stereocenters. The van der Waals surface area contributed by atoms with Crippen molar-refractivity contribution in [3.8, 4) is 5.75 Å². The van der Waals surface area contributed by atoms with Crippen LogP contribution < -0.4 is 16.4 Å². The van der Waals surface area contributed by atoms with Crippen LogP contribution >= 0.6 is 0 Å². The summed E-state index contributed by atoms with van der Waals surface area (Å²) < 4.78 is 39.3. The van der Waals surface area contributed by atoms with Crippen molar-refractivity contribution in [2.75, 3.05) is 23.0 Å². The van der Waals surface area contributed by atoms with E-state index in [4.69, 9.17) is 5.73 Å². The van der Waals surface area contributed by atoms with E-state index < -0.39 is 18.7 Å². The van der Waals surface area contributed by atoms with Gasteiger partial charge in [-0.05, 0) is 49.1 Å². The zero-order chi connectivity index (χ0) is 20.5. The van der Waals surface area contributed by atoms with Gasteiger partial charge in [0.2, 0.25) is 5.91 Å². The molecule has 5 nitrogen and oxygen atoms in total. The van der Waals surface area contributed by atoms with Gasteiger partial charge in [-0.2, -0.15) is 0 Å². The summed E-state index contributed by atoms with van der Waals surface area (Å²) >= 11 is 0. The van der Waals surface area contributed by atoms with Crippen LogP contribution in [-0.2, 0) is 11.3 Å². The van der Waals surface area contributed by atoms with Crippen LogP contribution in [0, 0.1) is 5.82 Å². The Bertz CT molecular complexity index is 785. The maximum absolute atomic E-state index is 14.5. The Morgan fingerprint density at radius 3 is 2.46 bits per heavy atom. The van der Waals surface area contributed by atoms with Crippen molar-refractivity contribution in [3.05, 3.63) is 47.8 Å². The van der Waals surface area contributed by atoms with Crippen LogP contribution in [0.2, 0.25) is 0 Å². The van der Waals surface area contributed by atoms with Crippen molar-refractivity contribution >= 4 is 23.0 Å². The number of amides is 1. The van der Waals surface area contributed by atoms with E-state index in [0.717, 1.165) is 5.56 Å². The van der Waals surface area contributed by atoms with E-state index >= 15 is 0 Å². The molecule has 2 rings (SSSR count). The maximum Gasteiger partial charge on any atom is 0.224 e. The molecule has 0 aliphatic heterocycles. The van der Waals surface area contributed by atoms with Gasteiger partial charge in [0.1, 0.15) is 18.6 Å². The average Bonchev–Trinajstić information content (AvgIpc) is 2.69. The normalized spacial score (nSPS) is 11.8. The minimum atomic E-state index is -1.49. The molecule has 0 fully saturated rings. The predicted octanol–water partition coefficient (Wildman–Crippen LogP) is 4.53. The Kier molecular flexibility index (Phi) is 7.98. The Morgan fingerprint density at radius 2 is 1.79 bits per heavy atom. The fourth-order valence-corrected chi connectivity index (χ4v) is 2.59. The van der Waals surface area contributed by atoms with Gasteiger partial charge in [-0.15, -0.1) is 0 Å². The molecule has 1 amide bonds. The third-order valence-electron chi connectivity index (χ3n) is 4.21. The smallest absolute Gasteiger partial charge is 0.224 e. The Hall–Kier alpha value is -2.90. The molecular weight excluding hydrogens is 371 g/mol. The van der Waals surface area contributed by atoms with E-state index in [0.29, 0.717) is 19.4 Å². The molecule has 5 N–H and O–H groups in total. The van der Waals surface area contributed by atoms with Gasteiger partial charge in [-0.1, -0.05) is 12.1 Å². The molecule has 28 heavy (non-hydrogen) atoms. The fourth-order valence-electron chi connectivity index (χ4n) is 2.59. The fraction of sp³-hybridized carbons (Fsp3) is 0.350. The molecule has 2 aromatic carbocycles. The first-order chi connectivity index (χ1) is 13.4. The van der Waals surface area contributed by atoms with E-state index in [1.54, 1.807) is 12.1 Å². The number of rotatable bonds is 10. The lowest BCUT2D eigenvalue weighted by Gasteiger charge is -2.13. The molecule has 0 saturated heterocycles. The minimum Gasteiger partial charge on any atom is -0.508 e. The second-order valence-electron chi connectivity index (χ2n) is 6.45. The highest BCUT2D eigenvalue weighted by Crippen LogP contribution is 2.28. The van der Waals surface area contributed by atoms with E-state index in [2.05, 4.69) is 10.6 Å². The molecule has 0 spiro atoms. The maximum atomic E-state index is 14.5. The molecule has 2 aromatic rings. The summed E-state index contributed by atoms with van der Waals surface area (Å²) in [5.74, 6) is -0.905. The molecule has 8 heteroatoms. The molecule has 0 radical (unpaired) electrons. The van der Waals surface area contributed by atoms with Crippen LogP contribution in [-0.4, -0.2) is 23.9 Å². The number of nitrogens with one attached hydrogen (secondary N) is 2. The van der Waals surface area contributed by atoms with Gasteiger partial charge in [-0.3, -0.25) is 4.79 Å². The van der Waals surface area contributed by atoms with Crippen LogP contribution in [0.15, 0.2) is 36.4 Å². The number of alkyl halides is 2. The van der Waals surface area contributed by atoms with E-state index in [-0.39, 0.29) is 41.6 Å². The highest BCUT2D eigenvalue weighted by Gasteiger charge is 2.13. The van der Waals surface area contributed by atoms with Crippen molar-refractivity contribution in [2.24, 2.45) is 0 Å². The lowest BCUT2D eigenvalue weighted by Crippen LogP contribution is -2.14. The van der Waals surface area contributed by atoms with Gasteiger partial charge in [0.15, 0.2) is 5.82 Å². The summed E-state index contributed by atoms with van der Waals surface area (Å²) in [5.41, 5.74) is 6.77. The third-order valence-corrected chi connectivity index (χ3v) is 4.21. The first-order valence-electron chi connectivity index (χ1n) is 9.00. The van der Waals surface area contributed by atoms with Crippen molar-refractivity contribution in [1.29, 1.82) is 0 Å². The van der Waals surface area contributed by atoms with Crippen molar-refractivity contribution in [3.63, 3.8) is 0 Å². The zero-order valence-electron chi connectivity index (χ0n) is 15.4. The second-order valence-corrected chi connectivity index (χ2v) is 6.45. The Morgan fingerprint density at radius 1 is 1.11 bits per heavy atom. The van der Waals surface area contributed by atoms with Crippen molar-refractivity contribution in [2.45, 2.75) is 38.4 Å². The number of carbonyl (C=O) groups excluding carboxylic acids is 1. The number of anilines is 3. The summed E-state index contributed by atoms with van der Waals surface area (Å²) in [6.07, 6.45) is -0.513. The zero-order valence-corrected chi connectivity index (χ0v) is 15.4. The van der Waals surface area contributed by atoms with E-state index in [1.165, 1.54) is 24.3 Å². The lowest BCUT2D eigenvalue weighted by molar-refractivity contribution is -0.116. The number of nitrogen functional groups attached to an aromatic ring is 1. The van der Waals surface area contributed by atoms with Crippen molar-refractivity contribution < 1.29 is 23.1 Å². The van der Waals surface area contributed by atoms with Gasteiger partial charge >= 0.3 is 0 Å². The lowest BCUT2D eigenvalue weighted by atomic mass is 10.1. The summed E-state index contributed by atoms with van der Waals surface area (Å²) in [6, 6.07) is 9.44. The molecule has 0 saturated carbocycles. The van der Waals surface area contributed by atoms with Crippen LogP contribution in [0.4, 0.5) is 30.2 Å². The number of halogens is 3. The predicted molar refractivity (Wildman–Crippen MR) is 104 cm³/mol. The molecular formula is C20H24F3N3O2. The van der Waals surface area contributed by atoms with Gasteiger partial charge in [0.05, 0.1) is 17.1 Å². The molecule has 0 aliphatic rings. The molecule has 0 aliphatic carbocycles. The number of hydrogen-bond acceptors (Lipinski definition) is 4. The van der Waals surface area contributed by atoms with Gasteiger partial charge in [0.25, 0.3) is 0 Å². The van der Waals surface area contributed by atoms with Crippen LogP contribution in [0.25, 0.3) is 0 Å². The topological polar surface area (TPSA) is 87.4 Å². The molecule has 0 bridgehead atoms.